The Kier molecular flexibility index (Phi) is 5.11. The second-order valence-electron chi connectivity index (χ2n) is 5.50. The van der Waals surface area contributed by atoms with E-state index in [0.717, 1.165) is 5.56 Å². The van der Waals surface area contributed by atoms with Gasteiger partial charge in [-0.1, -0.05) is 18.2 Å². The highest BCUT2D eigenvalue weighted by Gasteiger charge is 2.09. The molecule has 6 nitrogen and oxygen atoms in total. The minimum absolute atomic E-state index is 0.202. The van der Waals surface area contributed by atoms with Crippen LogP contribution in [0.3, 0.4) is 0 Å². The molecule has 3 N–H and O–H groups in total. The van der Waals surface area contributed by atoms with E-state index in [1.807, 2.05) is 12.1 Å². The van der Waals surface area contributed by atoms with Crippen molar-refractivity contribution in [2.75, 3.05) is 5.73 Å². The van der Waals surface area contributed by atoms with E-state index in [2.05, 4.69) is 16.4 Å². The van der Waals surface area contributed by atoms with E-state index in [-0.39, 0.29) is 11.7 Å². The fraction of sp³-hybridized carbons (Fsp3) is 0.0500. The van der Waals surface area contributed by atoms with Crippen LogP contribution in [0.1, 0.15) is 21.5 Å². The number of hydrogen-bond acceptors (Lipinski definition) is 5. The summed E-state index contributed by atoms with van der Waals surface area (Å²) in [4.78, 5) is 16.0. The van der Waals surface area contributed by atoms with Crippen LogP contribution >= 0.6 is 0 Å². The molecular formula is C20H16N4O2. The van der Waals surface area contributed by atoms with Crippen molar-refractivity contribution in [2.24, 2.45) is 0 Å². The lowest BCUT2D eigenvalue weighted by molar-refractivity contribution is 0.0951. The van der Waals surface area contributed by atoms with E-state index in [9.17, 15) is 4.79 Å². The van der Waals surface area contributed by atoms with Crippen LogP contribution in [0.4, 0.5) is 5.82 Å². The molecule has 0 saturated heterocycles. The Morgan fingerprint density at radius 1 is 1.12 bits per heavy atom. The second kappa shape index (κ2) is 7.81. The molecule has 6 heteroatoms. The number of nitriles is 1. The maximum atomic E-state index is 12.1. The fourth-order valence-corrected chi connectivity index (χ4v) is 2.33. The number of carbonyl (C=O) groups is 1. The van der Waals surface area contributed by atoms with Gasteiger partial charge in [-0.3, -0.25) is 4.79 Å². The zero-order chi connectivity index (χ0) is 18.4. The molecule has 3 aromatic rings. The zero-order valence-electron chi connectivity index (χ0n) is 13.8. The normalized spacial score (nSPS) is 9.96. The summed E-state index contributed by atoms with van der Waals surface area (Å²) in [6, 6.07) is 19.6. The van der Waals surface area contributed by atoms with Crippen LogP contribution in [0.2, 0.25) is 0 Å². The molecule has 0 unspecified atom stereocenters. The quantitative estimate of drug-likeness (QED) is 0.740. The molecule has 1 aromatic heterocycles. The molecule has 0 fully saturated rings. The number of hydrogen-bond donors (Lipinski definition) is 2. The largest absolute Gasteiger partial charge is 0.457 e. The highest BCUT2D eigenvalue weighted by atomic mass is 16.5. The summed E-state index contributed by atoms with van der Waals surface area (Å²) in [7, 11) is 0. The highest BCUT2D eigenvalue weighted by molar-refractivity contribution is 5.98. The Bertz CT molecular complexity index is 962. The number of benzene rings is 2. The average Bonchev–Trinajstić information content (AvgIpc) is 2.68. The van der Waals surface area contributed by atoms with Crippen molar-refractivity contribution in [1.82, 2.24) is 10.3 Å². The van der Waals surface area contributed by atoms with Gasteiger partial charge < -0.3 is 15.8 Å². The number of ether oxygens (including phenoxy) is 1. The summed E-state index contributed by atoms with van der Waals surface area (Å²) < 4.78 is 5.72. The maximum Gasteiger partial charge on any atom is 0.255 e. The smallest absolute Gasteiger partial charge is 0.255 e. The van der Waals surface area contributed by atoms with Crippen molar-refractivity contribution >= 4 is 11.7 Å². The van der Waals surface area contributed by atoms with Crippen LogP contribution in [0, 0.1) is 11.3 Å². The molecule has 0 aliphatic carbocycles. The van der Waals surface area contributed by atoms with Gasteiger partial charge in [0.2, 0.25) is 0 Å². The first-order valence-electron chi connectivity index (χ1n) is 7.91. The van der Waals surface area contributed by atoms with Gasteiger partial charge in [0.15, 0.2) is 0 Å². The predicted octanol–water partition coefficient (Wildman–Crippen LogP) is 3.26. The third-order valence-corrected chi connectivity index (χ3v) is 3.66. The molecule has 26 heavy (non-hydrogen) atoms. The highest BCUT2D eigenvalue weighted by Crippen LogP contribution is 2.22. The SMILES string of the molecule is N#Cc1cccc(Oc2ccc(CNC(=O)c3cccnc3N)cc2)c1. The number of nitrogen functional groups attached to an aromatic ring is 1. The number of nitrogens with zero attached hydrogens (tertiary/aromatic N) is 2. The Morgan fingerprint density at radius 3 is 2.65 bits per heavy atom. The van der Waals surface area contributed by atoms with E-state index < -0.39 is 0 Å². The van der Waals surface area contributed by atoms with Crippen LogP contribution in [0.5, 0.6) is 11.5 Å². The van der Waals surface area contributed by atoms with Crippen LogP contribution < -0.4 is 15.8 Å². The first kappa shape index (κ1) is 17.0. The number of carbonyl (C=O) groups excluding carboxylic acids is 1. The van der Waals surface area contributed by atoms with Crippen LogP contribution in [-0.4, -0.2) is 10.9 Å². The molecular weight excluding hydrogens is 328 g/mol. The zero-order valence-corrected chi connectivity index (χ0v) is 13.8. The maximum absolute atomic E-state index is 12.1. The van der Waals surface area contributed by atoms with Gasteiger partial charge >= 0.3 is 0 Å². The topological polar surface area (TPSA) is 101 Å². The van der Waals surface area contributed by atoms with Crippen LogP contribution in [0.15, 0.2) is 66.9 Å². The van der Waals surface area contributed by atoms with Crippen molar-refractivity contribution < 1.29 is 9.53 Å². The molecule has 2 aromatic carbocycles. The van der Waals surface area contributed by atoms with Gasteiger partial charge in [-0.05, 0) is 48.0 Å². The molecule has 0 spiro atoms. The number of aromatic nitrogens is 1. The van der Waals surface area contributed by atoms with Gasteiger partial charge in [-0.2, -0.15) is 5.26 Å². The van der Waals surface area contributed by atoms with E-state index in [1.165, 1.54) is 6.20 Å². The molecule has 0 atom stereocenters. The van der Waals surface area contributed by atoms with Gasteiger partial charge in [0.1, 0.15) is 17.3 Å². The summed E-state index contributed by atoms with van der Waals surface area (Å²) in [6.45, 7) is 0.358. The van der Waals surface area contributed by atoms with E-state index in [1.54, 1.807) is 48.5 Å². The third kappa shape index (κ3) is 4.16. The van der Waals surface area contributed by atoms with Crippen molar-refractivity contribution in [3.63, 3.8) is 0 Å². The average molecular weight is 344 g/mol. The fourth-order valence-electron chi connectivity index (χ4n) is 2.33. The van der Waals surface area contributed by atoms with E-state index in [4.69, 9.17) is 15.7 Å². The lowest BCUT2D eigenvalue weighted by atomic mass is 10.2. The third-order valence-electron chi connectivity index (χ3n) is 3.66. The van der Waals surface area contributed by atoms with Crippen LogP contribution in [0.25, 0.3) is 0 Å². The lowest BCUT2D eigenvalue weighted by Gasteiger charge is -2.09. The summed E-state index contributed by atoms with van der Waals surface area (Å²) in [5.41, 5.74) is 7.50. The molecule has 0 aliphatic heterocycles. The number of amides is 1. The first-order chi connectivity index (χ1) is 12.7. The van der Waals surface area contributed by atoms with Crippen molar-refractivity contribution in [2.45, 2.75) is 6.54 Å². The Balaban J connectivity index is 1.60. The molecule has 0 bridgehead atoms. The van der Waals surface area contributed by atoms with Gasteiger partial charge in [-0.15, -0.1) is 0 Å². The van der Waals surface area contributed by atoms with Gasteiger partial charge in [0, 0.05) is 12.7 Å². The minimum atomic E-state index is -0.274. The number of nitrogens with one attached hydrogen (secondary N) is 1. The van der Waals surface area contributed by atoms with Crippen molar-refractivity contribution in [3.8, 4) is 17.6 Å². The molecule has 128 valence electrons. The number of rotatable bonds is 5. The minimum Gasteiger partial charge on any atom is -0.457 e. The lowest BCUT2D eigenvalue weighted by Crippen LogP contribution is -2.24. The summed E-state index contributed by atoms with van der Waals surface area (Å²) in [6.07, 6.45) is 1.54. The summed E-state index contributed by atoms with van der Waals surface area (Å²) in [5.74, 6) is 1.17. The molecule has 1 amide bonds. The van der Waals surface area contributed by atoms with Crippen LogP contribution in [-0.2, 0) is 6.54 Å². The molecule has 0 aliphatic rings. The van der Waals surface area contributed by atoms with Crippen molar-refractivity contribution in [3.05, 3.63) is 83.6 Å². The molecule has 1 heterocycles. The standard InChI is InChI=1S/C20H16N4O2/c21-12-15-3-1-4-17(11-15)26-16-8-6-14(7-9-16)13-24-20(25)18-5-2-10-23-19(18)22/h1-11H,13H2,(H2,22,23)(H,24,25). The molecule has 3 rings (SSSR count). The second-order valence-corrected chi connectivity index (χ2v) is 5.50. The Labute approximate surface area is 150 Å². The number of pyridine rings is 1. The van der Waals surface area contributed by atoms with Gasteiger partial charge in [0.25, 0.3) is 5.91 Å². The molecule has 0 saturated carbocycles. The Morgan fingerprint density at radius 2 is 1.92 bits per heavy atom. The summed E-state index contributed by atoms with van der Waals surface area (Å²) >= 11 is 0. The van der Waals surface area contributed by atoms with E-state index >= 15 is 0 Å². The Hall–Kier alpha value is -3.85. The molecule has 0 radical (unpaired) electrons. The van der Waals surface area contributed by atoms with Crippen molar-refractivity contribution in [1.29, 1.82) is 5.26 Å². The monoisotopic (exact) mass is 344 g/mol. The summed E-state index contributed by atoms with van der Waals surface area (Å²) in [5, 5.41) is 11.7. The predicted molar refractivity (Wildman–Crippen MR) is 97.5 cm³/mol. The van der Waals surface area contributed by atoms with Gasteiger partial charge in [-0.25, -0.2) is 4.98 Å². The van der Waals surface area contributed by atoms with Gasteiger partial charge in [0.05, 0.1) is 17.2 Å². The first-order valence-corrected chi connectivity index (χ1v) is 7.91. The van der Waals surface area contributed by atoms with E-state index in [0.29, 0.717) is 29.2 Å². The number of nitrogens with two attached hydrogens (primary N) is 1. The number of anilines is 1.